The highest BCUT2D eigenvalue weighted by atomic mass is 32.1. The third-order valence-electron chi connectivity index (χ3n) is 3.28. The summed E-state index contributed by atoms with van der Waals surface area (Å²) < 4.78 is 4.98. The van der Waals surface area contributed by atoms with Crippen molar-refractivity contribution in [1.29, 1.82) is 0 Å². The van der Waals surface area contributed by atoms with Gasteiger partial charge in [0, 0.05) is 29.6 Å². The summed E-state index contributed by atoms with van der Waals surface area (Å²) in [6, 6.07) is 4.55. The van der Waals surface area contributed by atoms with Gasteiger partial charge < -0.3 is 14.8 Å². The fourth-order valence-corrected chi connectivity index (χ4v) is 3.12. The molecule has 23 heavy (non-hydrogen) atoms. The number of hydrogen-bond acceptors (Lipinski definition) is 7. The van der Waals surface area contributed by atoms with E-state index in [-0.39, 0.29) is 22.9 Å². The molecule has 9 heteroatoms. The highest BCUT2D eigenvalue weighted by Crippen LogP contribution is 2.33. The molecule has 0 amide bonds. The number of aromatic amines is 1. The summed E-state index contributed by atoms with van der Waals surface area (Å²) in [6.45, 7) is 0.937. The Morgan fingerprint density at radius 2 is 2.22 bits per heavy atom. The predicted octanol–water partition coefficient (Wildman–Crippen LogP) is 1.44. The zero-order valence-electron chi connectivity index (χ0n) is 12.7. The lowest BCUT2D eigenvalue weighted by Crippen LogP contribution is -2.21. The van der Waals surface area contributed by atoms with E-state index in [0.717, 1.165) is 16.2 Å². The smallest absolute Gasteiger partial charge is 0.311 e. The number of likely N-dealkylation sites (N-methyl/N-ethyl adjacent to an activating group) is 1. The summed E-state index contributed by atoms with van der Waals surface area (Å²) in [4.78, 5) is 27.4. The number of aliphatic hydroxyl groups excluding tert-OH is 1. The lowest BCUT2D eigenvalue weighted by molar-refractivity contribution is -0.385. The van der Waals surface area contributed by atoms with Crippen molar-refractivity contribution in [2.75, 3.05) is 27.3 Å². The zero-order chi connectivity index (χ0) is 17.0. The maximum absolute atomic E-state index is 11.7. The van der Waals surface area contributed by atoms with Gasteiger partial charge in [0.1, 0.15) is 0 Å². The molecule has 0 radical (unpaired) electrons. The molecular formula is C14H17N3O5S. The third-order valence-corrected chi connectivity index (χ3v) is 4.15. The van der Waals surface area contributed by atoms with Crippen LogP contribution in [0.4, 0.5) is 5.69 Å². The van der Waals surface area contributed by atoms with Gasteiger partial charge in [0.25, 0.3) is 0 Å². The minimum atomic E-state index is -0.523. The van der Waals surface area contributed by atoms with Crippen molar-refractivity contribution in [3.8, 4) is 17.0 Å². The van der Waals surface area contributed by atoms with Gasteiger partial charge in [0.05, 0.1) is 24.3 Å². The molecule has 1 heterocycles. The molecule has 0 aliphatic carbocycles. The number of ether oxygens (including phenoxy) is 1. The number of nitrogens with one attached hydrogen (secondary N) is 1. The van der Waals surface area contributed by atoms with Crippen LogP contribution in [-0.2, 0) is 6.54 Å². The number of nitro groups is 1. The van der Waals surface area contributed by atoms with Crippen LogP contribution in [0, 0.1) is 10.1 Å². The Morgan fingerprint density at radius 3 is 2.83 bits per heavy atom. The van der Waals surface area contributed by atoms with Gasteiger partial charge in [-0.1, -0.05) is 11.3 Å². The van der Waals surface area contributed by atoms with Gasteiger partial charge >= 0.3 is 10.6 Å². The highest BCUT2D eigenvalue weighted by molar-refractivity contribution is 7.09. The van der Waals surface area contributed by atoms with E-state index in [1.165, 1.54) is 19.2 Å². The van der Waals surface area contributed by atoms with E-state index in [1.807, 2.05) is 11.9 Å². The lowest BCUT2D eigenvalue weighted by Gasteiger charge is -2.14. The van der Waals surface area contributed by atoms with E-state index in [9.17, 15) is 14.9 Å². The molecule has 0 fully saturated rings. The summed E-state index contributed by atoms with van der Waals surface area (Å²) in [5, 5.41) is 20.1. The summed E-state index contributed by atoms with van der Waals surface area (Å²) in [5.74, 6) is 0.162. The fourth-order valence-electron chi connectivity index (χ4n) is 2.19. The molecule has 0 unspecified atom stereocenters. The molecule has 0 saturated carbocycles. The first kappa shape index (κ1) is 17.1. The average Bonchev–Trinajstić information content (AvgIpc) is 2.87. The molecule has 0 atom stereocenters. The van der Waals surface area contributed by atoms with Gasteiger partial charge in [-0.15, -0.1) is 0 Å². The molecule has 1 aromatic carbocycles. The molecular weight excluding hydrogens is 322 g/mol. The van der Waals surface area contributed by atoms with Crippen molar-refractivity contribution in [3.05, 3.63) is 42.9 Å². The summed E-state index contributed by atoms with van der Waals surface area (Å²) in [5.41, 5.74) is 0.936. The van der Waals surface area contributed by atoms with E-state index in [0.29, 0.717) is 24.3 Å². The van der Waals surface area contributed by atoms with E-state index >= 15 is 0 Å². The Bertz CT molecular complexity index is 755. The number of aromatic nitrogens is 1. The molecule has 0 spiro atoms. The van der Waals surface area contributed by atoms with Crippen LogP contribution in [0.1, 0.15) is 4.88 Å². The van der Waals surface area contributed by atoms with E-state index in [2.05, 4.69) is 4.98 Å². The second kappa shape index (κ2) is 7.36. The highest BCUT2D eigenvalue weighted by Gasteiger charge is 2.19. The summed E-state index contributed by atoms with van der Waals surface area (Å²) >= 11 is 1.05. The monoisotopic (exact) mass is 339 g/mol. The molecule has 2 aromatic rings. The number of H-pyrrole nitrogens is 1. The van der Waals surface area contributed by atoms with Crippen LogP contribution in [-0.4, -0.2) is 47.2 Å². The van der Waals surface area contributed by atoms with Crippen molar-refractivity contribution in [1.82, 2.24) is 9.88 Å². The Hall–Kier alpha value is -2.23. The quantitative estimate of drug-likeness (QED) is 0.584. The summed E-state index contributed by atoms with van der Waals surface area (Å²) in [7, 11) is 3.18. The third kappa shape index (κ3) is 3.95. The molecule has 8 nitrogen and oxygen atoms in total. The van der Waals surface area contributed by atoms with Gasteiger partial charge in [0.15, 0.2) is 5.75 Å². The van der Waals surface area contributed by atoms with Gasteiger partial charge in [-0.3, -0.25) is 19.8 Å². The first-order valence-corrected chi connectivity index (χ1v) is 7.62. The van der Waals surface area contributed by atoms with Crippen LogP contribution in [0.5, 0.6) is 5.75 Å². The molecule has 2 N–H and O–H groups in total. The van der Waals surface area contributed by atoms with E-state index in [1.54, 1.807) is 6.07 Å². The lowest BCUT2D eigenvalue weighted by atomic mass is 10.1. The second-order valence-corrected chi connectivity index (χ2v) is 5.99. The Labute approximate surface area is 136 Å². The van der Waals surface area contributed by atoms with E-state index < -0.39 is 4.92 Å². The first-order valence-electron chi connectivity index (χ1n) is 6.80. The number of benzene rings is 1. The van der Waals surface area contributed by atoms with Gasteiger partial charge in [-0.05, 0) is 19.2 Å². The van der Waals surface area contributed by atoms with Crippen molar-refractivity contribution in [2.45, 2.75) is 6.54 Å². The second-order valence-electron chi connectivity index (χ2n) is 4.92. The zero-order valence-corrected chi connectivity index (χ0v) is 13.6. The minimum Gasteiger partial charge on any atom is -0.490 e. The summed E-state index contributed by atoms with van der Waals surface area (Å²) in [6.07, 6.45) is 0. The topological polar surface area (TPSA) is 109 Å². The van der Waals surface area contributed by atoms with Gasteiger partial charge in [0.2, 0.25) is 0 Å². The maximum atomic E-state index is 11.7. The van der Waals surface area contributed by atoms with Crippen molar-refractivity contribution < 1.29 is 14.8 Å². The van der Waals surface area contributed by atoms with Crippen LogP contribution >= 0.6 is 11.3 Å². The molecule has 0 bridgehead atoms. The number of thiazole rings is 1. The molecule has 1 aromatic heterocycles. The standard InChI is InChI=1S/C14H17N3O5S/c1-16(5-6-18)8-12-13(15-14(19)23-12)9-3-4-11(22-2)10(7-9)17(20)21/h3-4,7,18H,5-6,8H2,1-2H3,(H,15,19). The Morgan fingerprint density at radius 1 is 1.48 bits per heavy atom. The largest absolute Gasteiger partial charge is 0.490 e. The first-order chi connectivity index (χ1) is 11.0. The van der Waals surface area contributed by atoms with Crippen molar-refractivity contribution >= 4 is 17.0 Å². The molecule has 0 aliphatic heterocycles. The van der Waals surface area contributed by atoms with E-state index in [4.69, 9.17) is 9.84 Å². The van der Waals surface area contributed by atoms with Crippen molar-refractivity contribution in [3.63, 3.8) is 0 Å². The SMILES string of the molecule is COc1ccc(-c2[nH]c(=O)sc2CN(C)CCO)cc1[N+](=O)[O-]. The maximum Gasteiger partial charge on any atom is 0.311 e. The molecule has 0 aliphatic rings. The Balaban J connectivity index is 2.44. The van der Waals surface area contributed by atoms with Crippen LogP contribution < -0.4 is 9.61 Å². The van der Waals surface area contributed by atoms with Crippen LogP contribution in [0.15, 0.2) is 23.0 Å². The van der Waals surface area contributed by atoms with Crippen LogP contribution in [0.2, 0.25) is 0 Å². The Kier molecular flexibility index (Phi) is 5.48. The van der Waals surface area contributed by atoms with Crippen LogP contribution in [0.25, 0.3) is 11.3 Å². The van der Waals surface area contributed by atoms with Crippen molar-refractivity contribution in [2.24, 2.45) is 0 Å². The van der Waals surface area contributed by atoms with Gasteiger partial charge in [-0.2, -0.15) is 0 Å². The number of methoxy groups -OCH3 is 1. The number of rotatable bonds is 7. The number of hydrogen-bond donors (Lipinski definition) is 2. The number of aliphatic hydroxyl groups is 1. The molecule has 124 valence electrons. The predicted molar refractivity (Wildman–Crippen MR) is 87.0 cm³/mol. The molecule has 2 rings (SSSR count). The normalized spacial score (nSPS) is 11.0. The number of nitro benzene ring substituents is 1. The van der Waals surface area contributed by atoms with Gasteiger partial charge in [-0.25, -0.2) is 0 Å². The van der Waals surface area contributed by atoms with Crippen LogP contribution in [0.3, 0.4) is 0 Å². The number of nitrogens with zero attached hydrogens (tertiary/aromatic N) is 2. The minimum absolute atomic E-state index is 0.0131. The fraction of sp³-hybridized carbons (Fsp3) is 0.357. The average molecular weight is 339 g/mol. The molecule has 0 saturated heterocycles.